The fourth-order valence-corrected chi connectivity index (χ4v) is 2.36. The van der Waals surface area contributed by atoms with Gasteiger partial charge in [-0.25, -0.2) is 4.98 Å². The van der Waals surface area contributed by atoms with Crippen molar-refractivity contribution in [3.8, 4) is 0 Å². The maximum atomic E-state index is 6.00. The molecular weight excluding hydrogens is 254 g/mol. The van der Waals surface area contributed by atoms with Gasteiger partial charge in [0, 0.05) is 40.1 Å². The summed E-state index contributed by atoms with van der Waals surface area (Å²) in [6, 6.07) is 1.92. The van der Waals surface area contributed by atoms with Gasteiger partial charge in [-0.1, -0.05) is 11.6 Å². The number of ether oxygens (including phenoxy) is 2. The molecule has 2 rings (SSSR count). The van der Waals surface area contributed by atoms with E-state index < -0.39 is 0 Å². The van der Waals surface area contributed by atoms with Crippen LogP contribution in [0.1, 0.15) is 5.56 Å². The molecule has 0 amide bonds. The first-order valence-electron chi connectivity index (χ1n) is 5.84. The van der Waals surface area contributed by atoms with E-state index in [2.05, 4.69) is 9.88 Å². The van der Waals surface area contributed by atoms with E-state index >= 15 is 0 Å². The summed E-state index contributed by atoms with van der Waals surface area (Å²) in [5.41, 5.74) is 6.54. The third-order valence-corrected chi connectivity index (χ3v) is 3.63. The first-order chi connectivity index (χ1) is 8.69. The predicted octanol–water partition coefficient (Wildman–Crippen LogP) is 1.04. The van der Waals surface area contributed by atoms with Crippen LogP contribution < -0.4 is 10.6 Å². The zero-order chi connectivity index (χ0) is 13.1. The van der Waals surface area contributed by atoms with Gasteiger partial charge in [0.1, 0.15) is 18.0 Å². The Morgan fingerprint density at radius 2 is 2.00 bits per heavy atom. The van der Waals surface area contributed by atoms with Crippen LogP contribution in [0.5, 0.6) is 0 Å². The van der Waals surface area contributed by atoms with Gasteiger partial charge in [-0.05, 0) is 11.6 Å². The smallest absolute Gasteiger partial charge is 0.129 e. The van der Waals surface area contributed by atoms with E-state index in [1.165, 1.54) is 0 Å². The Kier molecular flexibility index (Phi) is 4.40. The number of nitrogens with two attached hydrogens (primary N) is 1. The Morgan fingerprint density at radius 1 is 1.39 bits per heavy atom. The molecule has 2 unspecified atom stereocenters. The third-order valence-electron chi connectivity index (χ3n) is 3.29. The van der Waals surface area contributed by atoms with Gasteiger partial charge in [0.05, 0.1) is 5.02 Å². The molecule has 5 nitrogen and oxygen atoms in total. The minimum Gasteiger partial charge on any atom is -0.377 e. The number of hydrogen-bond acceptors (Lipinski definition) is 5. The van der Waals surface area contributed by atoms with Crippen LogP contribution in [-0.4, -0.2) is 44.5 Å². The van der Waals surface area contributed by atoms with Crippen LogP contribution in [0.15, 0.2) is 12.3 Å². The number of pyridine rings is 1. The number of aromatic nitrogens is 1. The molecule has 0 aromatic carbocycles. The fraction of sp³-hybridized carbons (Fsp3) is 0.583. The summed E-state index contributed by atoms with van der Waals surface area (Å²) in [6.45, 7) is 1.92. The lowest BCUT2D eigenvalue weighted by Gasteiger charge is -2.17. The van der Waals surface area contributed by atoms with E-state index in [4.69, 9.17) is 26.8 Å². The maximum Gasteiger partial charge on any atom is 0.129 e. The molecule has 1 aromatic rings. The largest absolute Gasteiger partial charge is 0.377 e. The second-order valence-electron chi connectivity index (χ2n) is 4.29. The lowest BCUT2D eigenvalue weighted by molar-refractivity contribution is -0.00461. The molecule has 100 valence electrons. The van der Waals surface area contributed by atoms with Crippen molar-refractivity contribution in [2.24, 2.45) is 5.73 Å². The van der Waals surface area contributed by atoms with E-state index in [-0.39, 0.29) is 12.2 Å². The minimum atomic E-state index is 0.0637. The number of halogens is 1. The predicted molar refractivity (Wildman–Crippen MR) is 70.9 cm³/mol. The van der Waals surface area contributed by atoms with E-state index in [9.17, 15) is 0 Å². The van der Waals surface area contributed by atoms with Crippen molar-refractivity contribution in [2.75, 3.05) is 32.2 Å². The number of anilines is 1. The Hall–Kier alpha value is -0.880. The van der Waals surface area contributed by atoms with Crippen LogP contribution in [0.3, 0.4) is 0 Å². The average molecular weight is 272 g/mol. The Balaban J connectivity index is 2.18. The summed E-state index contributed by atoms with van der Waals surface area (Å²) >= 11 is 6.00. The van der Waals surface area contributed by atoms with Crippen molar-refractivity contribution in [2.45, 2.75) is 18.8 Å². The second kappa shape index (κ2) is 5.84. The Labute approximate surface area is 112 Å². The lowest BCUT2D eigenvalue weighted by atomic mass is 10.2. The summed E-state index contributed by atoms with van der Waals surface area (Å²) in [5, 5.41) is 0.604. The molecule has 0 spiro atoms. The molecule has 0 radical (unpaired) electrons. The SMILES string of the molecule is COC1CN(c2cc(CN)c(Cl)cn2)CC1OC. The monoisotopic (exact) mass is 271 g/mol. The first kappa shape index (κ1) is 13.5. The van der Waals surface area contributed by atoms with Crippen molar-refractivity contribution < 1.29 is 9.47 Å². The highest BCUT2D eigenvalue weighted by Crippen LogP contribution is 2.25. The summed E-state index contributed by atoms with van der Waals surface area (Å²) in [4.78, 5) is 6.46. The quantitative estimate of drug-likeness (QED) is 0.887. The average Bonchev–Trinajstić information content (AvgIpc) is 2.82. The van der Waals surface area contributed by atoms with Crippen molar-refractivity contribution >= 4 is 17.4 Å². The van der Waals surface area contributed by atoms with Gasteiger partial charge in [0.2, 0.25) is 0 Å². The Bertz CT molecular complexity index is 404. The number of hydrogen-bond donors (Lipinski definition) is 1. The molecule has 6 heteroatoms. The number of methoxy groups -OCH3 is 2. The van der Waals surface area contributed by atoms with Crippen LogP contribution in [0.4, 0.5) is 5.82 Å². The van der Waals surface area contributed by atoms with Crippen LogP contribution in [0.25, 0.3) is 0 Å². The van der Waals surface area contributed by atoms with Crippen molar-refractivity contribution in [1.82, 2.24) is 4.98 Å². The first-order valence-corrected chi connectivity index (χ1v) is 6.22. The van der Waals surface area contributed by atoms with Gasteiger partial charge in [-0.15, -0.1) is 0 Å². The van der Waals surface area contributed by atoms with Crippen molar-refractivity contribution in [3.05, 3.63) is 22.8 Å². The third kappa shape index (κ3) is 2.59. The topological polar surface area (TPSA) is 60.6 Å². The molecule has 2 N–H and O–H groups in total. The van der Waals surface area contributed by atoms with Gasteiger partial charge in [-0.2, -0.15) is 0 Å². The van der Waals surface area contributed by atoms with Crippen LogP contribution in [0.2, 0.25) is 5.02 Å². The molecule has 0 saturated carbocycles. The summed E-state index contributed by atoms with van der Waals surface area (Å²) in [7, 11) is 3.39. The zero-order valence-corrected chi connectivity index (χ0v) is 11.4. The van der Waals surface area contributed by atoms with Gasteiger partial charge in [-0.3, -0.25) is 0 Å². The Morgan fingerprint density at radius 3 is 2.50 bits per heavy atom. The number of nitrogens with zero attached hydrogens (tertiary/aromatic N) is 2. The van der Waals surface area contributed by atoms with Crippen LogP contribution in [-0.2, 0) is 16.0 Å². The summed E-state index contributed by atoms with van der Waals surface area (Å²) < 4.78 is 10.8. The highest BCUT2D eigenvalue weighted by molar-refractivity contribution is 6.31. The summed E-state index contributed by atoms with van der Waals surface area (Å²) in [6.07, 6.45) is 1.77. The van der Waals surface area contributed by atoms with E-state index in [0.29, 0.717) is 11.6 Å². The molecule has 1 saturated heterocycles. The van der Waals surface area contributed by atoms with E-state index in [1.54, 1.807) is 20.4 Å². The van der Waals surface area contributed by atoms with Crippen molar-refractivity contribution in [1.29, 1.82) is 0 Å². The highest BCUT2D eigenvalue weighted by Gasteiger charge is 2.33. The zero-order valence-electron chi connectivity index (χ0n) is 10.6. The molecule has 1 aliphatic heterocycles. The fourth-order valence-electron chi connectivity index (χ4n) is 2.18. The molecule has 18 heavy (non-hydrogen) atoms. The lowest BCUT2D eigenvalue weighted by Crippen LogP contribution is -2.27. The normalized spacial score (nSPS) is 23.7. The highest BCUT2D eigenvalue weighted by atomic mass is 35.5. The van der Waals surface area contributed by atoms with Gasteiger partial charge in [0.25, 0.3) is 0 Å². The number of rotatable bonds is 4. The molecule has 0 aliphatic carbocycles. The van der Waals surface area contributed by atoms with Crippen LogP contribution in [0, 0.1) is 0 Å². The summed E-state index contributed by atoms with van der Waals surface area (Å²) in [5.74, 6) is 0.862. The molecule has 0 bridgehead atoms. The van der Waals surface area contributed by atoms with Gasteiger partial charge < -0.3 is 20.1 Å². The molecule has 1 aromatic heterocycles. The van der Waals surface area contributed by atoms with Crippen LogP contribution >= 0.6 is 11.6 Å². The van der Waals surface area contributed by atoms with Crippen molar-refractivity contribution in [3.63, 3.8) is 0 Å². The minimum absolute atomic E-state index is 0.0637. The molecular formula is C12H18ClN3O2. The molecule has 1 aliphatic rings. The van der Waals surface area contributed by atoms with E-state index in [1.807, 2.05) is 6.07 Å². The second-order valence-corrected chi connectivity index (χ2v) is 4.70. The standard InChI is InChI=1S/C12H18ClN3O2/c1-17-10-6-16(7-11(10)18-2)12-3-8(4-14)9(13)5-15-12/h3,5,10-11H,4,6-7,14H2,1-2H3. The maximum absolute atomic E-state index is 6.00. The van der Waals surface area contributed by atoms with Gasteiger partial charge >= 0.3 is 0 Å². The van der Waals surface area contributed by atoms with Gasteiger partial charge in [0.15, 0.2) is 0 Å². The molecule has 1 fully saturated rings. The van der Waals surface area contributed by atoms with E-state index in [0.717, 1.165) is 24.5 Å². The molecule has 2 atom stereocenters. The molecule has 2 heterocycles.